The molecule has 2 nitrogen and oxygen atoms in total. The Kier molecular flexibility index (Phi) is 5.26. The Balaban J connectivity index is 1.93. The maximum Gasteiger partial charge on any atom is 0.0409 e. The van der Waals surface area contributed by atoms with E-state index in [-0.39, 0.29) is 0 Å². The van der Waals surface area contributed by atoms with Gasteiger partial charge in [-0.15, -0.1) is 0 Å². The first-order valence-electron chi connectivity index (χ1n) is 7.27. The molecular formula is C16H25ClN2. The number of halogens is 1. The Hall–Kier alpha value is -0.570. The SMILES string of the molecule is CC(c1cccc(Cl)c1)N(C)CC1CCCC(N)C1. The molecule has 1 fully saturated rings. The summed E-state index contributed by atoms with van der Waals surface area (Å²) in [6.45, 7) is 3.37. The first-order valence-corrected chi connectivity index (χ1v) is 7.65. The number of nitrogens with zero attached hydrogens (tertiary/aromatic N) is 1. The van der Waals surface area contributed by atoms with Gasteiger partial charge in [-0.05, 0) is 56.8 Å². The molecular weight excluding hydrogens is 256 g/mol. The molecule has 0 bridgehead atoms. The van der Waals surface area contributed by atoms with E-state index in [1.165, 1.54) is 31.2 Å². The zero-order chi connectivity index (χ0) is 13.8. The molecule has 106 valence electrons. The fourth-order valence-electron chi connectivity index (χ4n) is 3.08. The van der Waals surface area contributed by atoms with E-state index in [2.05, 4.69) is 31.0 Å². The largest absolute Gasteiger partial charge is 0.328 e. The summed E-state index contributed by atoms with van der Waals surface area (Å²) in [5.74, 6) is 0.746. The molecule has 2 rings (SSSR count). The molecule has 0 spiro atoms. The fourth-order valence-corrected chi connectivity index (χ4v) is 3.28. The molecule has 1 aromatic carbocycles. The fraction of sp³-hybridized carbons (Fsp3) is 0.625. The molecule has 1 aliphatic rings. The van der Waals surface area contributed by atoms with E-state index in [1.807, 2.05) is 12.1 Å². The highest BCUT2D eigenvalue weighted by molar-refractivity contribution is 6.30. The molecule has 19 heavy (non-hydrogen) atoms. The highest BCUT2D eigenvalue weighted by atomic mass is 35.5. The zero-order valence-corrected chi connectivity index (χ0v) is 12.7. The van der Waals surface area contributed by atoms with Crippen molar-refractivity contribution in [2.75, 3.05) is 13.6 Å². The normalized spacial score (nSPS) is 25.5. The molecule has 1 saturated carbocycles. The van der Waals surface area contributed by atoms with E-state index in [1.54, 1.807) is 0 Å². The van der Waals surface area contributed by atoms with Gasteiger partial charge in [0.05, 0.1) is 0 Å². The van der Waals surface area contributed by atoms with Crippen LogP contribution in [0.4, 0.5) is 0 Å². The lowest BCUT2D eigenvalue weighted by Gasteiger charge is -2.33. The van der Waals surface area contributed by atoms with Crippen LogP contribution in [0.15, 0.2) is 24.3 Å². The maximum absolute atomic E-state index is 6.07. The van der Waals surface area contributed by atoms with Gasteiger partial charge in [0.1, 0.15) is 0 Å². The van der Waals surface area contributed by atoms with Crippen LogP contribution in [-0.2, 0) is 0 Å². The van der Waals surface area contributed by atoms with E-state index in [4.69, 9.17) is 17.3 Å². The van der Waals surface area contributed by atoms with Crippen LogP contribution >= 0.6 is 11.6 Å². The van der Waals surface area contributed by atoms with Crippen molar-refractivity contribution >= 4 is 11.6 Å². The summed E-state index contributed by atoms with van der Waals surface area (Å²) in [7, 11) is 2.20. The maximum atomic E-state index is 6.07. The Morgan fingerprint density at radius 3 is 2.89 bits per heavy atom. The van der Waals surface area contributed by atoms with Gasteiger partial charge in [0.2, 0.25) is 0 Å². The van der Waals surface area contributed by atoms with Crippen LogP contribution in [0.3, 0.4) is 0 Å². The Morgan fingerprint density at radius 1 is 1.42 bits per heavy atom. The third-order valence-corrected chi connectivity index (χ3v) is 4.60. The summed E-state index contributed by atoms with van der Waals surface area (Å²) < 4.78 is 0. The minimum Gasteiger partial charge on any atom is -0.328 e. The summed E-state index contributed by atoms with van der Waals surface area (Å²) in [5, 5.41) is 0.817. The predicted molar refractivity (Wildman–Crippen MR) is 82.4 cm³/mol. The lowest BCUT2D eigenvalue weighted by atomic mass is 9.85. The Morgan fingerprint density at radius 2 is 2.21 bits per heavy atom. The van der Waals surface area contributed by atoms with Crippen molar-refractivity contribution in [3.63, 3.8) is 0 Å². The molecule has 1 aliphatic carbocycles. The minimum atomic E-state index is 0.400. The van der Waals surface area contributed by atoms with E-state index in [0.717, 1.165) is 17.5 Å². The van der Waals surface area contributed by atoms with Gasteiger partial charge in [0.25, 0.3) is 0 Å². The van der Waals surface area contributed by atoms with E-state index in [9.17, 15) is 0 Å². The molecule has 0 saturated heterocycles. The summed E-state index contributed by atoms with van der Waals surface area (Å²) in [5.41, 5.74) is 7.36. The van der Waals surface area contributed by atoms with Gasteiger partial charge in [0.15, 0.2) is 0 Å². The molecule has 3 heteroatoms. The zero-order valence-electron chi connectivity index (χ0n) is 12.0. The smallest absolute Gasteiger partial charge is 0.0409 e. The van der Waals surface area contributed by atoms with Crippen LogP contribution in [0.5, 0.6) is 0 Å². The van der Waals surface area contributed by atoms with Gasteiger partial charge in [0, 0.05) is 23.7 Å². The van der Waals surface area contributed by atoms with Crippen LogP contribution in [0.1, 0.15) is 44.2 Å². The molecule has 3 unspecified atom stereocenters. The van der Waals surface area contributed by atoms with E-state index in [0.29, 0.717) is 12.1 Å². The predicted octanol–water partition coefficient (Wildman–Crippen LogP) is 3.85. The van der Waals surface area contributed by atoms with Gasteiger partial charge in [-0.1, -0.05) is 30.2 Å². The van der Waals surface area contributed by atoms with Crippen molar-refractivity contribution in [3.8, 4) is 0 Å². The first kappa shape index (κ1) is 14.8. The van der Waals surface area contributed by atoms with Crippen LogP contribution in [0.2, 0.25) is 5.02 Å². The van der Waals surface area contributed by atoms with Gasteiger partial charge in [-0.3, -0.25) is 4.90 Å². The van der Waals surface area contributed by atoms with Crippen molar-refractivity contribution in [2.45, 2.75) is 44.7 Å². The number of nitrogens with two attached hydrogens (primary N) is 1. The van der Waals surface area contributed by atoms with Crippen LogP contribution in [0, 0.1) is 5.92 Å². The topological polar surface area (TPSA) is 29.3 Å². The van der Waals surface area contributed by atoms with E-state index >= 15 is 0 Å². The lowest BCUT2D eigenvalue weighted by Crippen LogP contribution is -2.35. The molecule has 2 N–H and O–H groups in total. The molecule has 0 heterocycles. The van der Waals surface area contributed by atoms with Gasteiger partial charge >= 0.3 is 0 Å². The van der Waals surface area contributed by atoms with Gasteiger partial charge < -0.3 is 5.73 Å². The quantitative estimate of drug-likeness (QED) is 0.908. The molecule has 0 aliphatic heterocycles. The summed E-state index contributed by atoms with van der Waals surface area (Å²) in [6, 6.07) is 8.98. The highest BCUT2D eigenvalue weighted by Crippen LogP contribution is 2.27. The highest BCUT2D eigenvalue weighted by Gasteiger charge is 2.22. The molecule has 0 radical (unpaired) electrons. The Labute approximate surface area is 121 Å². The van der Waals surface area contributed by atoms with Crippen molar-refractivity contribution in [1.82, 2.24) is 4.90 Å². The molecule has 3 atom stereocenters. The Bertz CT molecular complexity index is 407. The summed E-state index contributed by atoms with van der Waals surface area (Å²) >= 11 is 6.07. The lowest BCUT2D eigenvalue weighted by molar-refractivity contribution is 0.184. The van der Waals surface area contributed by atoms with E-state index < -0.39 is 0 Å². The van der Waals surface area contributed by atoms with Crippen LogP contribution < -0.4 is 5.73 Å². The van der Waals surface area contributed by atoms with Crippen molar-refractivity contribution in [1.29, 1.82) is 0 Å². The van der Waals surface area contributed by atoms with Crippen molar-refractivity contribution < 1.29 is 0 Å². The molecule has 0 aromatic heterocycles. The summed E-state index contributed by atoms with van der Waals surface area (Å²) in [4.78, 5) is 2.42. The van der Waals surface area contributed by atoms with Gasteiger partial charge in [-0.2, -0.15) is 0 Å². The number of rotatable bonds is 4. The molecule has 0 amide bonds. The van der Waals surface area contributed by atoms with Crippen molar-refractivity contribution in [2.24, 2.45) is 11.7 Å². The third-order valence-electron chi connectivity index (χ3n) is 4.36. The molecule has 1 aromatic rings. The average Bonchev–Trinajstić information content (AvgIpc) is 2.38. The number of hydrogen-bond acceptors (Lipinski definition) is 2. The number of benzene rings is 1. The minimum absolute atomic E-state index is 0.400. The van der Waals surface area contributed by atoms with Gasteiger partial charge in [-0.25, -0.2) is 0 Å². The second-order valence-corrected chi connectivity index (χ2v) is 6.40. The number of hydrogen-bond donors (Lipinski definition) is 1. The average molecular weight is 281 g/mol. The second-order valence-electron chi connectivity index (χ2n) is 5.96. The first-order chi connectivity index (χ1) is 9.06. The third kappa shape index (κ3) is 4.20. The van der Waals surface area contributed by atoms with Crippen molar-refractivity contribution in [3.05, 3.63) is 34.9 Å². The summed E-state index contributed by atoms with van der Waals surface area (Å²) in [6.07, 6.45) is 4.97. The second kappa shape index (κ2) is 6.74. The standard InChI is InChI=1S/C16H25ClN2/c1-12(14-6-4-7-15(17)10-14)19(2)11-13-5-3-8-16(18)9-13/h4,6-7,10,12-13,16H,3,5,8-9,11,18H2,1-2H3. The monoisotopic (exact) mass is 280 g/mol. The van der Waals surface area contributed by atoms with Crippen LogP contribution in [-0.4, -0.2) is 24.5 Å². The van der Waals surface area contributed by atoms with Crippen LogP contribution in [0.25, 0.3) is 0 Å².